The average molecular weight is 176 g/mol. The zero-order valence-corrected chi connectivity index (χ0v) is 6.35. The van der Waals surface area contributed by atoms with Crippen molar-refractivity contribution < 1.29 is 17.9 Å². The SMILES string of the molecule is CC1=CC2C=C(C(F)(F)F)C1O2. The van der Waals surface area contributed by atoms with Gasteiger partial charge in [0.05, 0.1) is 11.7 Å². The van der Waals surface area contributed by atoms with E-state index in [1.807, 2.05) is 0 Å². The van der Waals surface area contributed by atoms with Crippen LogP contribution in [0.25, 0.3) is 0 Å². The van der Waals surface area contributed by atoms with Crippen molar-refractivity contribution in [1.29, 1.82) is 0 Å². The number of hydrogen-bond donors (Lipinski definition) is 0. The van der Waals surface area contributed by atoms with Gasteiger partial charge in [-0.3, -0.25) is 0 Å². The first-order valence-corrected chi connectivity index (χ1v) is 3.61. The summed E-state index contributed by atoms with van der Waals surface area (Å²) in [5.41, 5.74) is 0.113. The van der Waals surface area contributed by atoms with Crippen LogP contribution in [0.4, 0.5) is 13.2 Å². The van der Waals surface area contributed by atoms with E-state index < -0.39 is 24.0 Å². The highest BCUT2D eigenvalue weighted by molar-refractivity contribution is 5.39. The van der Waals surface area contributed by atoms with Crippen molar-refractivity contribution in [3.63, 3.8) is 0 Å². The van der Waals surface area contributed by atoms with Gasteiger partial charge < -0.3 is 4.74 Å². The molecule has 2 bridgehead atoms. The molecule has 0 aromatic heterocycles. The first-order valence-electron chi connectivity index (χ1n) is 3.61. The highest BCUT2D eigenvalue weighted by Gasteiger charge is 2.46. The number of alkyl halides is 3. The van der Waals surface area contributed by atoms with E-state index in [4.69, 9.17) is 4.74 Å². The summed E-state index contributed by atoms with van der Waals surface area (Å²) in [7, 11) is 0. The van der Waals surface area contributed by atoms with Crippen LogP contribution in [0.1, 0.15) is 6.92 Å². The number of rotatable bonds is 0. The first kappa shape index (κ1) is 7.86. The first-order chi connectivity index (χ1) is 5.48. The minimum atomic E-state index is -4.24. The molecular weight excluding hydrogens is 169 g/mol. The third-order valence-electron chi connectivity index (χ3n) is 2.09. The van der Waals surface area contributed by atoms with Crippen molar-refractivity contribution in [2.45, 2.75) is 25.3 Å². The summed E-state index contributed by atoms with van der Waals surface area (Å²) in [6.07, 6.45) is -2.69. The highest BCUT2D eigenvalue weighted by Crippen LogP contribution is 2.41. The molecule has 2 rings (SSSR count). The van der Waals surface area contributed by atoms with Gasteiger partial charge in [0.2, 0.25) is 0 Å². The van der Waals surface area contributed by atoms with Crippen LogP contribution in [0.5, 0.6) is 0 Å². The van der Waals surface area contributed by atoms with Crippen LogP contribution < -0.4 is 0 Å². The lowest BCUT2D eigenvalue weighted by molar-refractivity contribution is -0.101. The van der Waals surface area contributed by atoms with Crippen molar-refractivity contribution in [2.75, 3.05) is 0 Å². The third kappa shape index (κ3) is 0.982. The van der Waals surface area contributed by atoms with Gasteiger partial charge in [-0.1, -0.05) is 6.08 Å². The maximum atomic E-state index is 12.2. The smallest absolute Gasteiger partial charge is 0.358 e. The summed E-state index contributed by atoms with van der Waals surface area (Å²) in [6.45, 7) is 1.66. The van der Waals surface area contributed by atoms with Gasteiger partial charge in [0.1, 0.15) is 6.10 Å². The fourth-order valence-corrected chi connectivity index (χ4v) is 1.56. The molecule has 2 atom stereocenters. The van der Waals surface area contributed by atoms with Crippen LogP contribution in [0.15, 0.2) is 23.3 Å². The van der Waals surface area contributed by atoms with Crippen molar-refractivity contribution in [1.82, 2.24) is 0 Å². The molecule has 4 heteroatoms. The third-order valence-corrected chi connectivity index (χ3v) is 2.09. The second-order valence-corrected chi connectivity index (χ2v) is 3.01. The molecule has 0 spiro atoms. The predicted molar refractivity (Wildman–Crippen MR) is 36.6 cm³/mol. The van der Waals surface area contributed by atoms with Gasteiger partial charge in [-0.2, -0.15) is 13.2 Å². The van der Waals surface area contributed by atoms with E-state index >= 15 is 0 Å². The van der Waals surface area contributed by atoms with E-state index in [0.29, 0.717) is 5.57 Å². The molecular formula is C8H7F3O. The van der Waals surface area contributed by atoms with Crippen LogP contribution in [0.2, 0.25) is 0 Å². The van der Waals surface area contributed by atoms with Crippen LogP contribution in [0, 0.1) is 0 Å². The molecule has 0 saturated heterocycles. The van der Waals surface area contributed by atoms with Crippen molar-refractivity contribution in [2.24, 2.45) is 0 Å². The van der Waals surface area contributed by atoms with Crippen LogP contribution in [-0.4, -0.2) is 18.4 Å². The zero-order chi connectivity index (χ0) is 8.93. The molecule has 0 aromatic carbocycles. The topological polar surface area (TPSA) is 9.23 Å². The lowest BCUT2D eigenvalue weighted by Gasteiger charge is -2.15. The molecule has 0 aliphatic carbocycles. The van der Waals surface area contributed by atoms with Crippen molar-refractivity contribution in [3.8, 4) is 0 Å². The fraction of sp³-hybridized carbons (Fsp3) is 0.500. The Balaban J connectivity index is 2.29. The van der Waals surface area contributed by atoms with Gasteiger partial charge in [0.25, 0.3) is 0 Å². The standard InChI is InChI=1S/C8H7F3O/c1-4-2-5-3-6(7(4)12-5)8(9,10)11/h2-3,5,7H,1H3. The van der Waals surface area contributed by atoms with Crippen molar-refractivity contribution >= 4 is 0 Å². The Labute approximate surface area is 67.5 Å². The van der Waals surface area contributed by atoms with Gasteiger partial charge in [-0.25, -0.2) is 0 Å². The summed E-state index contributed by atoms with van der Waals surface area (Å²) in [4.78, 5) is 0. The summed E-state index contributed by atoms with van der Waals surface area (Å²) in [6, 6.07) is 0. The minimum absolute atomic E-state index is 0.452. The molecule has 1 nitrogen and oxygen atoms in total. The highest BCUT2D eigenvalue weighted by atomic mass is 19.4. The van der Waals surface area contributed by atoms with E-state index in [0.717, 1.165) is 6.08 Å². The van der Waals surface area contributed by atoms with E-state index in [-0.39, 0.29) is 0 Å². The maximum Gasteiger partial charge on any atom is 0.415 e. The molecule has 0 saturated carbocycles. The van der Waals surface area contributed by atoms with E-state index in [1.165, 1.54) is 0 Å². The van der Waals surface area contributed by atoms with Gasteiger partial charge in [0, 0.05) is 0 Å². The number of hydrogen-bond acceptors (Lipinski definition) is 1. The van der Waals surface area contributed by atoms with Gasteiger partial charge in [0.15, 0.2) is 0 Å². The Hall–Kier alpha value is -0.770. The molecule has 0 N–H and O–H groups in total. The number of halogens is 3. The Morgan fingerprint density at radius 1 is 1.33 bits per heavy atom. The second kappa shape index (κ2) is 2.13. The van der Waals surface area contributed by atoms with E-state index in [2.05, 4.69) is 0 Å². The lowest BCUT2D eigenvalue weighted by Crippen LogP contribution is -2.22. The normalized spacial score (nSPS) is 33.7. The Morgan fingerprint density at radius 2 is 2.00 bits per heavy atom. The molecule has 2 heterocycles. The van der Waals surface area contributed by atoms with Gasteiger partial charge >= 0.3 is 6.18 Å². The molecule has 2 aliphatic rings. The summed E-state index contributed by atoms with van der Waals surface area (Å²) in [5, 5.41) is 0. The molecule has 0 fully saturated rings. The van der Waals surface area contributed by atoms with Gasteiger partial charge in [-0.15, -0.1) is 0 Å². The van der Waals surface area contributed by atoms with E-state index in [1.54, 1.807) is 13.0 Å². The number of fused-ring (bicyclic) bond motifs is 2. The number of ether oxygens (including phenoxy) is 1. The summed E-state index contributed by atoms with van der Waals surface area (Å²) in [5.74, 6) is 0. The molecule has 66 valence electrons. The van der Waals surface area contributed by atoms with Crippen LogP contribution in [-0.2, 0) is 4.74 Å². The Bertz CT molecular complexity index is 275. The average Bonchev–Trinajstić information content (AvgIpc) is 2.41. The predicted octanol–water partition coefficient (Wildman–Crippen LogP) is 2.20. The largest absolute Gasteiger partial charge is 0.415 e. The van der Waals surface area contributed by atoms with Crippen LogP contribution in [0.3, 0.4) is 0 Å². The summed E-state index contributed by atoms with van der Waals surface area (Å²) >= 11 is 0. The van der Waals surface area contributed by atoms with Crippen LogP contribution >= 0.6 is 0 Å². The zero-order valence-electron chi connectivity index (χ0n) is 6.35. The molecule has 2 unspecified atom stereocenters. The minimum Gasteiger partial charge on any atom is -0.358 e. The monoisotopic (exact) mass is 176 g/mol. The second-order valence-electron chi connectivity index (χ2n) is 3.01. The summed E-state index contributed by atoms with van der Waals surface area (Å²) < 4.78 is 41.7. The lowest BCUT2D eigenvalue weighted by atomic mass is 9.99. The molecule has 12 heavy (non-hydrogen) atoms. The Morgan fingerprint density at radius 3 is 2.33 bits per heavy atom. The molecule has 0 aromatic rings. The molecule has 0 amide bonds. The van der Waals surface area contributed by atoms with E-state index in [9.17, 15) is 13.2 Å². The molecule has 0 radical (unpaired) electrons. The van der Waals surface area contributed by atoms with Crippen molar-refractivity contribution in [3.05, 3.63) is 23.3 Å². The Kier molecular flexibility index (Phi) is 1.39. The molecule has 2 aliphatic heterocycles. The fourth-order valence-electron chi connectivity index (χ4n) is 1.56. The maximum absolute atomic E-state index is 12.2. The quantitative estimate of drug-likeness (QED) is 0.514. The van der Waals surface area contributed by atoms with Gasteiger partial charge in [-0.05, 0) is 18.6 Å².